The quantitative estimate of drug-likeness (QED) is 0.777. The molecule has 0 aromatic carbocycles. The number of nitrogens with two attached hydrogens (primary N) is 1. The second-order valence-electron chi connectivity index (χ2n) is 5.69. The number of hydrogen-bond donors (Lipinski definition) is 2. The molecule has 0 amide bonds. The molecule has 2 heterocycles. The van der Waals surface area contributed by atoms with E-state index in [1.165, 1.54) is 12.8 Å². The molecule has 1 aliphatic heterocycles. The van der Waals surface area contributed by atoms with Crippen LogP contribution in [0.25, 0.3) is 0 Å². The summed E-state index contributed by atoms with van der Waals surface area (Å²) in [6.07, 6.45) is 4.07. The van der Waals surface area contributed by atoms with Crippen molar-refractivity contribution in [3.63, 3.8) is 0 Å². The summed E-state index contributed by atoms with van der Waals surface area (Å²) < 4.78 is 29.5. The van der Waals surface area contributed by atoms with Gasteiger partial charge in [0.2, 0.25) is 10.0 Å². The minimum absolute atomic E-state index is 0.0978. The summed E-state index contributed by atoms with van der Waals surface area (Å²) in [6.45, 7) is 7.83. The summed E-state index contributed by atoms with van der Waals surface area (Å²) in [5.41, 5.74) is 6.49. The lowest BCUT2D eigenvalue weighted by Crippen LogP contribution is -2.40. The molecule has 0 spiro atoms. The van der Waals surface area contributed by atoms with Crippen LogP contribution in [0.2, 0.25) is 0 Å². The van der Waals surface area contributed by atoms with Crippen LogP contribution in [0.15, 0.2) is 17.2 Å². The smallest absolute Gasteiger partial charge is 0.242 e. The Kier molecular flexibility index (Phi) is 5.43. The highest BCUT2D eigenvalue weighted by Gasteiger charge is 2.22. The second kappa shape index (κ2) is 6.91. The fourth-order valence-corrected chi connectivity index (χ4v) is 4.16. The van der Waals surface area contributed by atoms with Crippen LogP contribution in [0.3, 0.4) is 0 Å². The largest absolute Gasteiger partial charge is 0.349 e. The molecule has 1 unspecified atom stereocenters. The third kappa shape index (κ3) is 4.06. The Hall–Kier alpha value is -0.890. The molecule has 2 rings (SSSR count). The van der Waals surface area contributed by atoms with E-state index in [1.54, 1.807) is 12.3 Å². The van der Waals surface area contributed by atoms with E-state index in [0.29, 0.717) is 18.0 Å². The van der Waals surface area contributed by atoms with Crippen molar-refractivity contribution in [2.75, 3.05) is 19.6 Å². The van der Waals surface area contributed by atoms with Crippen LogP contribution in [0.5, 0.6) is 0 Å². The standard InChI is InChI=1S/C14H26N4O2S/c1-3-18-11-14(8-13(18)9-15)21(19,20)16-12(2)10-17-6-4-5-7-17/h8,11-12,16H,3-7,9-10,15H2,1-2H3. The van der Waals surface area contributed by atoms with E-state index in [1.807, 2.05) is 18.4 Å². The first-order valence-corrected chi connectivity index (χ1v) is 9.08. The van der Waals surface area contributed by atoms with Gasteiger partial charge in [0.1, 0.15) is 0 Å². The number of nitrogens with zero attached hydrogens (tertiary/aromatic N) is 2. The summed E-state index contributed by atoms with van der Waals surface area (Å²) >= 11 is 0. The van der Waals surface area contributed by atoms with E-state index < -0.39 is 10.0 Å². The lowest BCUT2D eigenvalue weighted by atomic mass is 10.3. The number of nitrogens with one attached hydrogen (secondary N) is 1. The Morgan fingerprint density at radius 2 is 2.05 bits per heavy atom. The van der Waals surface area contributed by atoms with Gasteiger partial charge in [-0.15, -0.1) is 0 Å². The summed E-state index contributed by atoms with van der Waals surface area (Å²) in [4.78, 5) is 2.61. The van der Waals surface area contributed by atoms with Gasteiger partial charge in [0.15, 0.2) is 0 Å². The average Bonchev–Trinajstić information content (AvgIpc) is 3.06. The van der Waals surface area contributed by atoms with Crippen molar-refractivity contribution < 1.29 is 8.42 Å². The number of hydrogen-bond acceptors (Lipinski definition) is 4. The van der Waals surface area contributed by atoms with Crippen molar-refractivity contribution in [3.8, 4) is 0 Å². The van der Waals surface area contributed by atoms with Crippen molar-refractivity contribution in [1.82, 2.24) is 14.2 Å². The molecule has 1 atom stereocenters. The van der Waals surface area contributed by atoms with Crippen molar-refractivity contribution in [3.05, 3.63) is 18.0 Å². The third-order valence-corrected chi connectivity index (χ3v) is 5.46. The highest BCUT2D eigenvalue weighted by atomic mass is 32.2. The molecule has 1 aromatic rings. The average molecular weight is 314 g/mol. The van der Waals surface area contributed by atoms with E-state index in [9.17, 15) is 8.42 Å². The van der Waals surface area contributed by atoms with Gasteiger partial charge in [-0.05, 0) is 45.8 Å². The normalized spacial score (nSPS) is 18.2. The molecule has 1 fully saturated rings. The van der Waals surface area contributed by atoms with Crippen molar-refractivity contribution in [2.24, 2.45) is 5.73 Å². The summed E-state index contributed by atoms with van der Waals surface area (Å²) in [7, 11) is -3.48. The van der Waals surface area contributed by atoms with Gasteiger partial charge in [0.05, 0.1) is 4.90 Å². The fraction of sp³-hybridized carbons (Fsp3) is 0.714. The van der Waals surface area contributed by atoms with Gasteiger partial charge in [-0.2, -0.15) is 0 Å². The van der Waals surface area contributed by atoms with Crippen LogP contribution >= 0.6 is 0 Å². The van der Waals surface area contributed by atoms with Gasteiger partial charge in [0.25, 0.3) is 0 Å². The maximum absolute atomic E-state index is 12.4. The van der Waals surface area contributed by atoms with Crippen molar-refractivity contribution >= 4 is 10.0 Å². The second-order valence-corrected chi connectivity index (χ2v) is 7.40. The number of aromatic nitrogens is 1. The van der Waals surface area contributed by atoms with Crippen molar-refractivity contribution in [2.45, 2.75) is 50.7 Å². The molecule has 0 bridgehead atoms. The zero-order chi connectivity index (χ0) is 15.5. The summed E-state index contributed by atoms with van der Waals surface area (Å²) in [6, 6.07) is 1.56. The topological polar surface area (TPSA) is 80.4 Å². The molecule has 21 heavy (non-hydrogen) atoms. The van der Waals surface area contributed by atoms with Gasteiger partial charge in [-0.25, -0.2) is 13.1 Å². The maximum Gasteiger partial charge on any atom is 0.242 e. The molecule has 1 saturated heterocycles. The van der Waals surface area contributed by atoms with E-state index in [2.05, 4.69) is 9.62 Å². The van der Waals surface area contributed by atoms with Crippen molar-refractivity contribution in [1.29, 1.82) is 0 Å². The first-order valence-electron chi connectivity index (χ1n) is 7.60. The van der Waals surface area contributed by atoms with Gasteiger partial charge in [0, 0.05) is 37.6 Å². The molecule has 0 saturated carbocycles. The molecule has 1 aliphatic rings. The van der Waals surface area contributed by atoms with E-state index in [-0.39, 0.29) is 6.04 Å². The highest BCUT2D eigenvalue weighted by Crippen LogP contribution is 2.15. The fourth-order valence-electron chi connectivity index (χ4n) is 2.86. The molecular weight excluding hydrogens is 288 g/mol. The molecule has 7 heteroatoms. The Morgan fingerprint density at radius 1 is 1.38 bits per heavy atom. The van der Waals surface area contributed by atoms with Gasteiger partial charge in [-0.3, -0.25) is 0 Å². The Labute approximate surface area is 127 Å². The molecule has 6 nitrogen and oxygen atoms in total. The Morgan fingerprint density at radius 3 is 2.57 bits per heavy atom. The van der Waals surface area contributed by atoms with E-state index in [4.69, 9.17) is 5.73 Å². The van der Waals surface area contributed by atoms with Crippen LogP contribution in [-0.2, 0) is 23.1 Å². The SMILES string of the molecule is CCn1cc(S(=O)(=O)NC(C)CN2CCCC2)cc1CN. The van der Waals surface area contributed by atoms with Crippen LogP contribution in [0, 0.1) is 0 Å². The summed E-state index contributed by atoms with van der Waals surface area (Å²) in [5, 5.41) is 0. The number of likely N-dealkylation sites (tertiary alicyclic amines) is 1. The minimum atomic E-state index is -3.48. The molecule has 0 radical (unpaired) electrons. The summed E-state index contributed by atoms with van der Waals surface area (Å²) in [5.74, 6) is 0. The maximum atomic E-state index is 12.4. The third-order valence-electron chi connectivity index (χ3n) is 3.91. The molecule has 3 N–H and O–H groups in total. The Bertz CT molecular complexity index is 540. The first kappa shape index (κ1) is 16.5. The molecule has 1 aromatic heterocycles. The molecular formula is C14H26N4O2S. The first-order chi connectivity index (χ1) is 9.96. The van der Waals surface area contributed by atoms with Crippen LogP contribution in [-0.4, -0.2) is 43.6 Å². The minimum Gasteiger partial charge on any atom is -0.349 e. The van der Waals surface area contributed by atoms with Gasteiger partial charge < -0.3 is 15.2 Å². The van der Waals surface area contributed by atoms with E-state index >= 15 is 0 Å². The van der Waals surface area contributed by atoms with Gasteiger partial charge in [-0.1, -0.05) is 0 Å². The van der Waals surface area contributed by atoms with Gasteiger partial charge >= 0.3 is 0 Å². The monoisotopic (exact) mass is 314 g/mol. The van der Waals surface area contributed by atoms with Crippen LogP contribution in [0.4, 0.5) is 0 Å². The molecule has 0 aliphatic carbocycles. The Balaban J connectivity index is 2.04. The number of sulfonamides is 1. The number of rotatable bonds is 7. The van der Waals surface area contributed by atoms with Crippen LogP contribution in [0.1, 0.15) is 32.4 Å². The lowest BCUT2D eigenvalue weighted by molar-refractivity contribution is 0.313. The zero-order valence-corrected chi connectivity index (χ0v) is 13.7. The van der Waals surface area contributed by atoms with E-state index in [0.717, 1.165) is 25.3 Å². The highest BCUT2D eigenvalue weighted by molar-refractivity contribution is 7.89. The molecule has 120 valence electrons. The predicted octanol–water partition coefficient (Wildman–Crippen LogP) is 0.729. The van der Waals surface area contributed by atoms with Crippen LogP contribution < -0.4 is 10.5 Å². The lowest BCUT2D eigenvalue weighted by Gasteiger charge is -2.20. The predicted molar refractivity (Wildman–Crippen MR) is 83.5 cm³/mol. The number of aryl methyl sites for hydroxylation is 1. The zero-order valence-electron chi connectivity index (χ0n) is 12.9.